The summed E-state index contributed by atoms with van der Waals surface area (Å²) in [6, 6.07) is 10.7. The van der Waals surface area contributed by atoms with Crippen molar-refractivity contribution < 1.29 is 23.2 Å². The first-order chi connectivity index (χ1) is 15.1. The molecule has 1 aliphatic rings. The maximum absolute atomic E-state index is 13.9. The molecule has 0 bridgehead atoms. The third-order valence-corrected chi connectivity index (χ3v) is 6.50. The first-order valence-corrected chi connectivity index (χ1v) is 10.7. The number of carbonyl (C=O) groups is 2. The summed E-state index contributed by atoms with van der Waals surface area (Å²) in [5, 5.41) is 6.28. The van der Waals surface area contributed by atoms with Crippen LogP contribution in [-0.4, -0.2) is 23.0 Å². The molecule has 3 aromatic rings. The van der Waals surface area contributed by atoms with Crippen molar-refractivity contribution in [3.05, 3.63) is 75.7 Å². The molecule has 32 heavy (non-hydrogen) atoms. The lowest BCUT2D eigenvalue weighted by Gasteiger charge is -2.12. The molecule has 1 aliphatic heterocycles. The average Bonchev–Trinajstić information content (AvgIpc) is 3.25. The monoisotopic (exact) mass is 454 g/mol. The molecule has 2 heterocycles. The fourth-order valence-electron chi connectivity index (χ4n) is 3.37. The Balaban J connectivity index is 1.67. The van der Waals surface area contributed by atoms with Crippen LogP contribution in [-0.2, 0) is 9.63 Å². The van der Waals surface area contributed by atoms with E-state index >= 15 is 0 Å². The number of oxime groups is 1. The number of hydrogen-bond donors (Lipinski definition) is 1. The number of carbonyl (C=O) groups excluding carboxylic acids is 2. The van der Waals surface area contributed by atoms with Crippen LogP contribution in [0.25, 0.3) is 10.4 Å². The van der Waals surface area contributed by atoms with Crippen LogP contribution in [0.5, 0.6) is 0 Å². The number of nitrogens with one attached hydrogen (secondary N) is 1. The standard InChI is InChI=1S/C24H20F2N2O3S/c1-12-8-9-14(19-22(29)24(3,4)31-28-19)11-15(12)18-10-13(2)21(32-18)23(30)27-20-16(25)6-5-7-17(20)26/h5-11H,1-4H3,(H,27,30). The van der Waals surface area contributed by atoms with Crippen LogP contribution in [0.15, 0.2) is 47.6 Å². The minimum absolute atomic E-state index is 0.207. The zero-order valence-electron chi connectivity index (χ0n) is 17.9. The van der Waals surface area contributed by atoms with Crippen molar-refractivity contribution in [2.75, 3.05) is 5.32 Å². The zero-order valence-corrected chi connectivity index (χ0v) is 18.7. The highest BCUT2D eigenvalue weighted by molar-refractivity contribution is 7.17. The van der Waals surface area contributed by atoms with E-state index in [0.29, 0.717) is 16.0 Å². The Morgan fingerprint density at radius 1 is 1.06 bits per heavy atom. The van der Waals surface area contributed by atoms with Gasteiger partial charge in [0.2, 0.25) is 5.78 Å². The van der Waals surface area contributed by atoms with E-state index in [0.717, 1.165) is 28.1 Å². The second-order valence-corrected chi connectivity index (χ2v) is 9.13. The highest BCUT2D eigenvalue weighted by Gasteiger charge is 2.40. The molecule has 0 atom stereocenters. The summed E-state index contributed by atoms with van der Waals surface area (Å²) < 4.78 is 27.9. The van der Waals surface area contributed by atoms with E-state index in [-0.39, 0.29) is 11.5 Å². The van der Waals surface area contributed by atoms with Crippen molar-refractivity contribution in [2.24, 2.45) is 5.16 Å². The van der Waals surface area contributed by atoms with Gasteiger partial charge >= 0.3 is 0 Å². The molecule has 8 heteroatoms. The first-order valence-electron chi connectivity index (χ1n) is 9.86. The smallest absolute Gasteiger partial charge is 0.266 e. The zero-order chi connectivity index (χ0) is 23.2. The number of ketones is 1. The van der Waals surface area contributed by atoms with Crippen LogP contribution >= 0.6 is 11.3 Å². The number of rotatable bonds is 4. The maximum atomic E-state index is 13.9. The number of thiophene rings is 1. The van der Waals surface area contributed by atoms with E-state index in [4.69, 9.17) is 4.84 Å². The summed E-state index contributed by atoms with van der Waals surface area (Å²) in [7, 11) is 0. The van der Waals surface area contributed by atoms with Gasteiger partial charge in [0, 0.05) is 10.4 Å². The Labute approximate surface area is 187 Å². The second-order valence-electron chi connectivity index (χ2n) is 8.07. The van der Waals surface area contributed by atoms with Gasteiger partial charge in [-0.15, -0.1) is 11.3 Å². The summed E-state index contributed by atoms with van der Waals surface area (Å²) in [5.74, 6) is -2.49. The molecule has 0 radical (unpaired) electrons. The molecule has 5 nitrogen and oxygen atoms in total. The van der Waals surface area contributed by atoms with E-state index in [1.54, 1.807) is 26.8 Å². The van der Waals surface area contributed by atoms with Crippen LogP contribution in [0.4, 0.5) is 14.5 Å². The quantitative estimate of drug-likeness (QED) is 0.554. The topological polar surface area (TPSA) is 67.8 Å². The molecule has 1 aromatic heterocycles. The van der Waals surface area contributed by atoms with Crippen molar-refractivity contribution in [1.82, 2.24) is 0 Å². The number of aryl methyl sites for hydroxylation is 2. The van der Waals surface area contributed by atoms with E-state index in [2.05, 4.69) is 10.5 Å². The van der Waals surface area contributed by atoms with E-state index in [1.165, 1.54) is 17.4 Å². The SMILES string of the molecule is Cc1ccc(C2=NOC(C)(C)C2=O)cc1-c1cc(C)c(C(=O)Nc2c(F)cccc2F)s1. The van der Waals surface area contributed by atoms with Gasteiger partial charge in [-0.25, -0.2) is 8.78 Å². The van der Waals surface area contributed by atoms with Gasteiger partial charge in [0.25, 0.3) is 5.91 Å². The van der Waals surface area contributed by atoms with Gasteiger partial charge in [-0.1, -0.05) is 23.4 Å². The highest BCUT2D eigenvalue weighted by Crippen LogP contribution is 2.35. The molecule has 0 unspecified atom stereocenters. The lowest BCUT2D eigenvalue weighted by Crippen LogP contribution is -2.33. The molecular formula is C24H20F2N2O3S. The third kappa shape index (κ3) is 3.82. The summed E-state index contributed by atoms with van der Waals surface area (Å²) >= 11 is 1.20. The lowest BCUT2D eigenvalue weighted by molar-refractivity contribution is -0.128. The number of amides is 1. The Morgan fingerprint density at radius 2 is 1.75 bits per heavy atom. The minimum atomic E-state index is -1.01. The number of Topliss-reactive ketones (excluding diaryl/α,β-unsaturated/α-hetero) is 1. The summed E-state index contributed by atoms with van der Waals surface area (Å²) in [5.41, 5.74) is 1.81. The summed E-state index contributed by atoms with van der Waals surface area (Å²) in [4.78, 5) is 31.7. The molecule has 0 fully saturated rings. The molecule has 1 amide bonds. The van der Waals surface area contributed by atoms with Gasteiger partial charge in [-0.3, -0.25) is 9.59 Å². The van der Waals surface area contributed by atoms with Crippen molar-refractivity contribution in [1.29, 1.82) is 0 Å². The fourth-order valence-corrected chi connectivity index (χ4v) is 4.52. The van der Waals surface area contributed by atoms with E-state index < -0.39 is 28.8 Å². The van der Waals surface area contributed by atoms with Gasteiger partial charge < -0.3 is 10.2 Å². The minimum Gasteiger partial charge on any atom is -0.381 e. The predicted molar refractivity (Wildman–Crippen MR) is 120 cm³/mol. The first kappa shape index (κ1) is 21.8. The summed E-state index contributed by atoms with van der Waals surface area (Å²) in [6.45, 7) is 6.99. The van der Waals surface area contributed by atoms with Crippen molar-refractivity contribution >= 4 is 34.4 Å². The van der Waals surface area contributed by atoms with Gasteiger partial charge in [-0.05, 0) is 68.7 Å². The predicted octanol–water partition coefficient (Wildman–Crippen LogP) is 5.64. The van der Waals surface area contributed by atoms with Crippen LogP contribution in [0.2, 0.25) is 0 Å². The maximum Gasteiger partial charge on any atom is 0.266 e. The Bertz CT molecular complexity index is 1270. The Hall–Kier alpha value is -3.39. The van der Waals surface area contributed by atoms with Crippen LogP contribution in [0.3, 0.4) is 0 Å². The molecule has 0 saturated carbocycles. The largest absolute Gasteiger partial charge is 0.381 e. The molecule has 1 N–H and O–H groups in total. The second kappa shape index (κ2) is 7.94. The van der Waals surface area contributed by atoms with Crippen molar-refractivity contribution in [3.8, 4) is 10.4 Å². The normalized spacial score (nSPS) is 14.8. The Morgan fingerprint density at radius 3 is 2.38 bits per heavy atom. The Kier molecular flexibility index (Phi) is 5.42. The fraction of sp³-hybridized carbons (Fsp3) is 0.208. The van der Waals surface area contributed by atoms with Crippen molar-refractivity contribution in [3.63, 3.8) is 0 Å². The van der Waals surface area contributed by atoms with Crippen molar-refractivity contribution in [2.45, 2.75) is 33.3 Å². The number of nitrogens with zero attached hydrogens (tertiary/aromatic N) is 1. The van der Waals surface area contributed by atoms with Gasteiger partial charge in [0.05, 0.1) is 4.88 Å². The lowest BCUT2D eigenvalue weighted by atomic mass is 9.93. The molecule has 0 saturated heterocycles. The molecule has 4 rings (SSSR count). The number of para-hydroxylation sites is 1. The van der Waals surface area contributed by atoms with Crippen LogP contribution in [0.1, 0.15) is 40.2 Å². The molecule has 2 aromatic carbocycles. The van der Waals surface area contributed by atoms with E-state index in [9.17, 15) is 18.4 Å². The molecular weight excluding hydrogens is 434 g/mol. The number of benzene rings is 2. The molecule has 0 spiro atoms. The van der Waals surface area contributed by atoms with Crippen LogP contribution < -0.4 is 5.32 Å². The third-order valence-electron chi connectivity index (χ3n) is 5.23. The average molecular weight is 454 g/mol. The number of hydrogen-bond acceptors (Lipinski definition) is 5. The van der Waals surface area contributed by atoms with Gasteiger partial charge in [0.15, 0.2) is 11.3 Å². The van der Waals surface area contributed by atoms with Gasteiger partial charge in [-0.2, -0.15) is 0 Å². The van der Waals surface area contributed by atoms with Crippen LogP contribution in [0, 0.1) is 25.5 Å². The molecule has 164 valence electrons. The number of anilines is 1. The summed E-state index contributed by atoms with van der Waals surface area (Å²) in [6.07, 6.45) is 0. The number of halogens is 2. The molecule has 0 aliphatic carbocycles. The van der Waals surface area contributed by atoms with Gasteiger partial charge in [0.1, 0.15) is 17.3 Å². The van der Waals surface area contributed by atoms with E-state index in [1.807, 2.05) is 25.1 Å². The highest BCUT2D eigenvalue weighted by atomic mass is 32.1.